The van der Waals surface area contributed by atoms with Crippen LogP contribution in [0.4, 0.5) is 0 Å². The average molecular weight is 356 g/mol. The van der Waals surface area contributed by atoms with Gasteiger partial charge in [0.2, 0.25) is 0 Å². The summed E-state index contributed by atoms with van der Waals surface area (Å²) < 4.78 is 18.5. The van der Waals surface area contributed by atoms with E-state index in [0.29, 0.717) is 0 Å². The smallest absolute Gasteiger partial charge is 0.147 e. The Hall–Kier alpha value is -1.92. The van der Waals surface area contributed by atoms with Crippen molar-refractivity contribution in [1.82, 2.24) is 14.4 Å². The molecule has 2 heterocycles. The molecule has 0 spiro atoms. The van der Waals surface area contributed by atoms with Gasteiger partial charge in [-0.1, -0.05) is 11.3 Å². The minimum atomic E-state index is -1.30. The molecule has 0 aliphatic rings. The highest BCUT2D eigenvalue weighted by Gasteiger charge is 2.27. The summed E-state index contributed by atoms with van der Waals surface area (Å²) in [6.45, 7) is 11.8. The van der Waals surface area contributed by atoms with Crippen LogP contribution in [0.3, 0.4) is 0 Å². The Bertz CT molecular complexity index is 969. The van der Waals surface area contributed by atoms with E-state index in [1.807, 2.05) is 45.2 Å². The van der Waals surface area contributed by atoms with E-state index >= 15 is 0 Å². The Morgan fingerprint density at radius 1 is 1.32 bits per heavy atom. The number of aromatic nitrogens is 3. The monoisotopic (exact) mass is 356 g/mol. The Kier molecular flexibility index (Phi) is 4.60. The summed E-state index contributed by atoms with van der Waals surface area (Å²) in [6, 6.07) is 4.16. The molecule has 0 N–H and O–H groups in total. The van der Waals surface area contributed by atoms with Gasteiger partial charge in [0.15, 0.2) is 0 Å². The number of fused-ring (bicyclic) bond motifs is 3. The third-order valence-electron chi connectivity index (χ3n) is 4.10. The second-order valence-electron chi connectivity index (χ2n) is 7.25. The maximum Gasteiger partial charge on any atom is 0.147 e. The normalized spacial score (nSPS) is 14.4. The van der Waals surface area contributed by atoms with Crippen molar-refractivity contribution in [2.45, 2.75) is 52.7 Å². The van der Waals surface area contributed by atoms with Crippen molar-refractivity contribution in [2.24, 2.45) is 4.40 Å². The van der Waals surface area contributed by atoms with Crippen LogP contribution in [0.1, 0.15) is 51.6 Å². The molecule has 0 radical (unpaired) electrons. The molecule has 3 rings (SSSR count). The second kappa shape index (κ2) is 6.42. The Morgan fingerprint density at radius 3 is 2.68 bits per heavy atom. The summed E-state index contributed by atoms with van der Waals surface area (Å²) in [6.07, 6.45) is 4.55. The van der Waals surface area contributed by atoms with Crippen LogP contribution in [0.5, 0.6) is 0 Å². The number of aryl methyl sites for hydroxylation is 2. The first-order valence-corrected chi connectivity index (χ1v) is 9.57. The average Bonchev–Trinajstić information content (AvgIpc) is 3.02. The summed E-state index contributed by atoms with van der Waals surface area (Å²) in [5, 5.41) is 0.994. The Balaban J connectivity index is 2.30. The third kappa shape index (κ3) is 3.28. The van der Waals surface area contributed by atoms with Gasteiger partial charge in [-0.3, -0.25) is 4.40 Å². The van der Waals surface area contributed by atoms with Gasteiger partial charge in [0.1, 0.15) is 27.6 Å². The molecule has 0 amide bonds. The van der Waals surface area contributed by atoms with Crippen molar-refractivity contribution in [1.29, 1.82) is 0 Å². The van der Waals surface area contributed by atoms with E-state index in [0.717, 1.165) is 45.6 Å². The number of nitrogens with zero attached hydrogens (tertiary/aromatic N) is 4. The van der Waals surface area contributed by atoms with Gasteiger partial charge in [-0.15, -0.1) is 0 Å². The van der Waals surface area contributed by atoms with Crippen LogP contribution >= 0.6 is 0 Å². The fourth-order valence-corrected chi connectivity index (χ4v) is 3.42. The maximum absolute atomic E-state index is 12.5. The molecule has 3 aromatic rings. The number of benzene rings is 1. The minimum Gasteiger partial charge on any atom is -0.591 e. The van der Waals surface area contributed by atoms with E-state index in [1.54, 1.807) is 6.20 Å². The lowest BCUT2D eigenvalue weighted by Gasteiger charge is -2.19. The zero-order valence-electron chi connectivity index (χ0n) is 15.6. The summed E-state index contributed by atoms with van der Waals surface area (Å²) in [5.74, 6) is 0.954. The van der Waals surface area contributed by atoms with Gasteiger partial charge in [0.05, 0.1) is 11.2 Å². The van der Waals surface area contributed by atoms with Gasteiger partial charge < -0.3 is 4.55 Å². The van der Waals surface area contributed by atoms with E-state index in [-0.39, 0.29) is 4.75 Å². The van der Waals surface area contributed by atoms with Gasteiger partial charge in [-0.25, -0.2) is 9.97 Å². The van der Waals surface area contributed by atoms with E-state index in [1.165, 1.54) is 0 Å². The molecule has 0 saturated heterocycles. The third-order valence-corrected chi connectivity index (χ3v) is 5.59. The van der Waals surface area contributed by atoms with Crippen LogP contribution in [0.25, 0.3) is 16.6 Å². The molecule has 0 aliphatic carbocycles. The Labute approximate surface area is 151 Å². The highest BCUT2D eigenvalue weighted by atomic mass is 32.2. The molecule has 6 heteroatoms. The first kappa shape index (κ1) is 17.9. The standard InChI is InChI=1S/C19H24N4OS/c1-7-16-21-17-14(13(3)22-25(24)19(4,5)6)10-12(2)11-15(17)18-20-8-9-23(16)18/h8-11H,7H2,1-6H3/b22-13-. The molecule has 5 nitrogen and oxygen atoms in total. The van der Waals surface area contributed by atoms with Crippen LogP contribution in [0, 0.1) is 6.92 Å². The first-order valence-electron chi connectivity index (χ1n) is 8.46. The van der Waals surface area contributed by atoms with Gasteiger partial charge in [0.25, 0.3) is 0 Å². The predicted octanol–water partition coefficient (Wildman–Crippen LogP) is 4.02. The fourth-order valence-electron chi connectivity index (χ4n) is 2.80. The van der Waals surface area contributed by atoms with Crippen LogP contribution in [0.2, 0.25) is 0 Å². The molecule has 1 unspecified atom stereocenters. The number of imidazole rings is 1. The molecule has 0 saturated carbocycles. The van der Waals surface area contributed by atoms with Crippen LogP contribution in [-0.4, -0.2) is 29.4 Å². The van der Waals surface area contributed by atoms with Crippen LogP contribution < -0.4 is 0 Å². The molecule has 0 aliphatic heterocycles. The molecule has 1 aromatic carbocycles. The zero-order chi connectivity index (χ0) is 18.4. The minimum absolute atomic E-state index is 0.390. The quantitative estimate of drug-likeness (QED) is 0.526. The summed E-state index contributed by atoms with van der Waals surface area (Å²) in [7, 11) is 0. The molecule has 0 bridgehead atoms. The molecular formula is C19H24N4OS. The highest BCUT2D eigenvalue weighted by molar-refractivity contribution is 7.91. The van der Waals surface area contributed by atoms with Crippen LogP contribution in [0.15, 0.2) is 28.9 Å². The highest BCUT2D eigenvalue weighted by Crippen LogP contribution is 2.26. The van der Waals surface area contributed by atoms with Crippen molar-refractivity contribution in [2.75, 3.05) is 0 Å². The topological polar surface area (TPSA) is 65.6 Å². The van der Waals surface area contributed by atoms with Crippen molar-refractivity contribution >= 4 is 33.6 Å². The van der Waals surface area contributed by atoms with Crippen LogP contribution in [-0.2, 0) is 17.8 Å². The Morgan fingerprint density at radius 2 is 2.04 bits per heavy atom. The molecule has 0 fully saturated rings. The van der Waals surface area contributed by atoms with Crippen molar-refractivity contribution < 1.29 is 4.55 Å². The summed E-state index contributed by atoms with van der Waals surface area (Å²) in [4.78, 5) is 9.39. The van der Waals surface area contributed by atoms with Crippen molar-refractivity contribution in [3.63, 3.8) is 0 Å². The fraction of sp³-hybridized carbons (Fsp3) is 0.421. The lowest BCUT2D eigenvalue weighted by molar-refractivity contribution is 0.561. The largest absolute Gasteiger partial charge is 0.591 e. The van der Waals surface area contributed by atoms with Gasteiger partial charge in [-0.05, 0) is 52.3 Å². The zero-order valence-corrected chi connectivity index (χ0v) is 16.4. The summed E-state index contributed by atoms with van der Waals surface area (Å²) in [5.41, 5.74) is 4.54. The second-order valence-corrected chi connectivity index (χ2v) is 9.15. The SMILES string of the molecule is CCc1nc2c(/C(C)=N\[S+]([O-])C(C)(C)C)cc(C)cc2c2nccn12. The number of rotatable bonds is 3. The number of hydrogen-bond donors (Lipinski definition) is 0. The van der Waals surface area contributed by atoms with Crippen molar-refractivity contribution in [3.05, 3.63) is 41.5 Å². The first-order chi connectivity index (χ1) is 11.7. The van der Waals surface area contributed by atoms with E-state index in [2.05, 4.69) is 28.4 Å². The molecule has 2 aromatic heterocycles. The molecule has 1 atom stereocenters. The van der Waals surface area contributed by atoms with E-state index in [9.17, 15) is 4.55 Å². The lowest BCUT2D eigenvalue weighted by atomic mass is 10.0. The van der Waals surface area contributed by atoms with Gasteiger partial charge in [-0.2, -0.15) is 0 Å². The summed E-state index contributed by atoms with van der Waals surface area (Å²) >= 11 is -1.30. The maximum atomic E-state index is 12.5. The molecule has 25 heavy (non-hydrogen) atoms. The van der Waals surface area contributed by atoms with E-state index < -0.39 is 11.4 Å². The van der Waals surface area contributed by atoms with E-state index in [4.69, 9.17) is 4.98 Å². The lowest BCUT2D eigenvalue weighted by Crippen LogP contribution is -2.26. The molecular weight excluding hydrogens is 332 g/mol. The van der Waals surface area contributed by atoms with Crippen molar-refractivity contribution in [3.8, 4) is 0 Å². The van der Waals surface area contributed by atoms with Gasteiger partial charge in [0, 0.05) is 29.8 Å². The predicted molar refractivity (Wildman–Crippen MR) is 105 cm³/mol. The number of hydrogen-bond acceptors (Lipinski definition) is 4. The molecule has 132 valence electrons. The van der Waals surface area contributed by atoms with Gasteiger partial charge >= 0.3 is 0 Å².